The molecule has 1 aromatic carbocycles. The minimum Gasteiger partial charge on any atom is -0.310 e. The quantitative estimate of drug-likeness (QED) is 0.562. The molecule has 2 N–H and O–H groups in total. The Labute approximate surface area is 156 Å². The molecular formula is C18H15F3N6O. The number of H-pyrrole nitrogens is 2. The van der Waals surface area contributed by atoms with Gasteiger partial charge in [-0.1, -0.05) is 12.1 Å². The number of nitrogens with one attached hydrogen (secondary N) is 2. The van der Waals surface area contributed by atoms with Crippen LogP contribution in [0.4, 0.5) is 13.2 Å². The lowest BCUT2D eigenvalue weighted by Gasteiger charge is -2.15. The van der Waals surface area contributed by atoms with Crippen molar-refractivity contribution in [1.29, 1.82) is 0 Å². The van der Waals surface area contributed by atoms with Gasteiger partial charge in [0.2, 0.25) is 0 Å². The standard InChI is InChI=1S/C18H15F3N6O/c1-9(11-3-5-12(6-4-11)18(19,20)21)27-16-14(17(28)24-10(2)23-16)15(26-27)13-7-8-22-25-13/h3-9H,1-2H3,(H,22,25)(H,23,24,28)/t9-/m0/s1. The molecule has 0 aliphatic heterocycles. The maximum absolute atomic E-state index is 12.8. The van der Waals surface area contributed by atoms with Crippen LogP contribution in [0, 0.1) is 6.92 Å². The van der Waals surface area contributed by atoms with Crippen molar-refractivity contribution >= 4 is 11.0 Å². The zero-order chi connectivity index (χ0) is 20.1. The summed E-state index contributed by atoms with van der Waals surface area (Å²) in [6, 6.07) is 6.08. The molecule has 0 aliphatic rings. The van der Waals surface area contributed by atoms with Crippen LogP contribution in [0.5, 0.6) is 0 Å². The van der Waals surface area contributed by atoms with Crippen LogP contribution < -0.4 is 5.56 Å². The molecular weight excluding hydrogens is 373 g/mol. The van der Waals surface area contributed by atoms with Gasteiger partial charge in [-0.05, 0) is 37.6 Å². The first kappa shape index (κ1) is 18.0. The molecule has 144 valence electrons. The minimum atomic E-state index is -4.40. The van der Waals surface area contributed by atoms with Gasteiger partial charge in [-0.15, -0.1) is 0 Å². The van der Waals surface area contributed by atoms with Crippen LogP contribution in [-0.2, 0) is 6.18 Å². The van der Waals surface area contributed by atoms with Crippen LogP contribution in [-0.4, -0.2) is 29.9 Å². The van der Waals surface area contributed by atoms with Gasteiger partial charge in [0.25, 0.3) is 5.56 Å². The molecule has 7 nitrogen and oxygen atoms in total. The fourth-order valence-electron chi connectivity index (χ4n) is 3.09. The van der Waals surface area contributed by atoms with E-state index in [2.05, 4.69) is 25.3 Å². The summed E-state index contributed by atoms with van der Waals surface area (Å²) < 4.78 is 40.0. The van der Waals surface area contributed by atoms with Crippen molar-refractivity contribution in [3.63, 3.8) is 0 Å². The lowest BCUT2D eigenvalue weighted by atomic mass is 10.1. The van der Waals surface area contributed by atoms with Gasteiger partial charge in [-0.2, -0.15) is 23.4 Å². The van der Waals surface area contributed by atoms with Crippen molar-refractivity contribution in [2.75, 3.05) is 0 Å². The van der Waals surface area contributed by atoms with E-state index in [1.807, 2.05) is 0 Å². The molecule has 10 heteroatoms. The number of aromatic nitrogens is 6. The van der Waals surface area contributed by atoms with Gasteiger partial charge in [0.05, 0.1) is 17.3 Å². The Kier molecular flexibility index (Phi) is 4.06. The molecule has 3 heterocycles. The summed E-state index contributed by atoms with van der Waals surface area (Å²) in [6.07, 6.45) is -2.87. The number of alkyl halides is 3. The average molecular weight is 388 g/mol. The summed E-state index contributed by atoms with van der Waals surface area (Å²) in [7, 11) is 0. The summed E-state index contributed by atoms with van der Waals surface area (Å²) in [6.45, 7) is 3.43. The van der Waals surface area contributed by atoms with E-state index >= 15 is 0 Å². The number of aromatic amines is 2. The second-order valence-electron chi connectivity index (χ2n) is 6.41. The Bertz CT molecular complexity index is 1190. The monoisotopic (exact) mass is 388 g/mol. The van der Waals surface area contributed by atoms with Crippen molar-refractivity contribution in [3.05, 3.63) is 63.8 Å². The van der Waals surface area contributed by atoms with Crippen molar-refractivity contribution in [2.24, 2.45) is 0 Å². The van der Waals surface area contributed by atoms with E-state index in [1.54, 1.807) is 19.9 Å². The normalized spacial score (nSPS) is 13.2. The fourth-order valence-corrected chi connectivity index (χ4v) is 3.09. The number of rotatable bonds is 3. The fraction of sp³-hybridized carbons (Fsp3) is 0.222. The van der Waals surface area contributed by atoms with E-state index in [4.69, 9.17) is 0 Å². The van der Waals surface area contributed by atoms with E-state index in [9.17, 15) is 18.0 Å². The Hall–Kier alpha value is -3.43. The second kappa shape index (κ2) is 6.32. The van der Waals surface area contributed by atoms with Crippen molar-refractivity contribution in [2.45, 2.75) is 26.1 Å². The minimum absolute atomic E-state index is 0.286. The summed E-state index contributed by atoms with van der Waals surface area (Å²) in [5, 5.41) is 11.5. The van der Waals surface area contributed by atoms with Crippen LogP contribution in [0.15, 0.2) is 41.3 Å². The van der Waals surface area contributed by atoms with Gasteiger partial charge in [0.1, 0.15) is 16.9 Å². The Morgan fingerprint density at radius 1 is 1.14 bits per heavy atom. The van der Waals surface area contributed by atoms with Crippen molar-refractivity contribution < 1.29 is 13.2 Å². The van der Waals surface area contributed by atoms with Gasteiger partial charge >= 0.3 is 6.18 Å². The highest BCUT2D eigenvalue weighted by Crippen LogP contribution is 2.32. The van der Waals surface area contributed by atoms with E-state index in [0.29, 0.717) is 28.4 Å². The lowest BCUT2D eigenvalue weighted by molar-refractivity contribution is -0.137. The molecule has 4 aromatic rings. The molecule has 0 radical (unpaired) electrons. The van der Waals surface area contributed by atoms with Gasteiger partial charge in [0.15, 0.2) is 5.65 Å². The van der Waals surface area contributed by atoms with Gasteiger partial charge in [-0.25, -0.2) is 9.67 Å². The number of fused-ring (bicyclic) bond motifs is 1. The first-order valence-electron chi connectivity index (χ1n) is 8.41. The molecule has 0 spiro atoms. The third-order valence-electron chi connectivity index (χ3n) is 4.52. The second-order valence-corrected chi connectivity index (χ2v) is 6.41. The van der Waals surface area contributed by atoms with Crippen LogP contribution in [0.1, 0.15) is 29.9 Å². The maximum Gasteiger partial charge on any atom is 0.416 e. The SMILES string of the molecule is Cc1nc2c(c(-c3ccn[nH]3)nn2[C@@H](C)c2ccc(C(F)(F)F)cc2)c(=O)[nH]1. The Morgan fingerprint density at radius 3 is 2.46 bits per heavy atom. The third kappa shape index (κ3) is 2.96. The number of benzene rings is 1. The number of hydrogen-bond acceptors (Lipinski definition) is 4. The highest BCUT2D eigenvalue weighted by molar-refractivity contribution is 5.89. The molecule has 0 bridgehead atoms. The third-order valence-corrected chi connectivity index (χ3v) is 4.52. The van der Waals surface area contributed by atoms with E-state index in [1.165, 1.54) is 23.0 Å². The zero-order valence-corrected chi connectivity index (χ0v) is 14.9. The summed E-state index contributed by atoms with van der Waals surface area (Å²) in [4.78, 5) is 19.6. The molecule has 4 rings (SSSR count). The Balaban J connectivity index is 1.88. The van der Waals surface area contributed by atoms with Crippen LogP contribution in [0.25, 0.3) is 22.4 Å². The Morgan fingerprint density at radius 2 is 1.86 bits per heavy atom. The highest BCUT2D eigenvalue weighted by Gasteiger charge is 2.30. The van der Waals surface area contributed by atoms with E-state index in [-0.39, 0.29) is 10.9 Å². The molecule has 1 atom stereocenters. The number of nitrogens with zero attached hydrogens (tertiary/aromatic N) is 4. The highest BCUT2D eigenvalue weighted by atomic mass is 19.4. The predicted octanol–water partition coefficient (Wildman–Crippen LogP) is 3.45. The van der Waals surface area contributed by atoms with Crippen LogP contribution in [0.2, 0.25) is 0 Å². The van der Waals surface area contributed by atoms with Crippen molar-refractivity contribution in [3.8, 4) is 11.4 Å². The molecule has 0 unspecified atom stereocenters. The van der Waals surface area contributed by atoms with E-state index < -0.39 is 17.8 Å². The molecule has 0 fully saturated rings. The van der Waals surface area contributed by atoms with Crippen LogP contribution in [0.3, 0.4) is 0 Å². The molecule has 0 amide bonds. The number of halogens is 3. The summed E-state index contributed by atoms with van der Waals surface area (Å²) in [5.74, 6) is 0.412. The molecule has 0 saturated carbocycles. The first-order valence-corrected chi connectivity index (χ1v) is 8.41. The number of hydrogen-bond donors (Lipinski definition) is 2. The number of aryl methyl sites for hydroxylation is 1. The lowest BCUT2D eigenvalue weighted by Crippen LogP contribution is -2.13. The average Bonchev–Trinajstić information content (AvgIpc) is 3.28. The zero-order valence-electron chi connectivity index (χ0n) is 14.9. The molecule has 0 aliphatic carbocycles. The summed E-state index contributed by atoms with van der Waals surface area (Å²) in [5.41, 5.74) is 0.793. The first-order chi connectivity index (χ1) is 13.3. The molecule has 0 saturated heterocycles. The topological polar surface area (TPSA) is 92.2 Å². The van der Waals surface area contributed by atoms with Gasteiger partial charge < -0.3 is 4.98 Å². The smallest absolute Gasteiger partial charge is 0.310 e. The maximum atomic E-state index is 12.8. The van der Waals surface area contributed by atoms with Crippen molar-refractivity contribution in [1.82, 2.24) is 29.9 Å². The van der Waals surface area contributed by atoms with Gasteiger partial charge in [-0.3, -0.25) is 9.89 Å². The molecule has 28 heavy (non-hydrogen) atoms. The predicted molar refractivity (Wildman–Crippen MR) is 95.7 cm³/mol. The van der Waals surface area contributed by atoms with E-state index in [0.717, 1.165) is 12.1 Å². The molecule has 3 aromatic heterocycles. The van der Waals surface area contributed by atoms with Gasteiger partial charge in [0, 0.05) is 6.20 Å². The largest absolute Gasteiger partial charge is 0.416 e. The summed E-state index contributed by atoms with van der Waals surface area (Å²) >= 11 is 0. The van der Waals surface area contributed by atoms with Crippen LogP contribution >= 0.6 is 0 Å².